The molecule has 2 rings (SSSR count). The molecule has 1 aromatic rings. The summed E-state index contributed by atoms with van der Waals surface area (Å²) in [7, 11) is 0. The van der Waals surface area contributed by atoms with Gasteiger partial charge >= 0.3 is 5.97 Å². The second-order valence-corrected chi connectivity index (χ2v) is 5.60. The summed E-state index contributed by atoms with van der Waals surface area (Å²) >= 11 is 0. The van der Waals surface area contributed by atoms with Gasteiger partial charge in [-0.25, -0.2) is 0 Å². The van der Waals surface area contributed by atoms with E-state index < -0.39 is 5.97 Å². The summed E-state index contributed by atoms with van der Waals surface area (Å²) in [5.41, 5.74) is 2.33. The third kappa shape index (κ3) is 3.97. The summed E-state index contributed by atoms with van der Waals surface area (Å²) in [6.07, 6.45) is 1.75. The molecule has 0 saturated carbocycles. The van der Waals surface area contributed by atoms with Crippen molar-refractivity contribution in [2.45, 2.75) is 26.7 Å². The first kappa shape index (κ1) is 14.9. The predicted molar refractivity (Wildman–Crippen MR) is 78.2 cm³/mol. The van der Waals surface area contributed by atoms with Gasteiger partial charge in [-0.15, -0.1) is 0 Å². The Labute approximate surface area is 120 Å². The van der Waals surface area contributed by atoms with Gasteiger partial charge in [0.15, 0.2) is 0 Å². The SMILES string of the molecule is Cc1ccc(C)c(OCCN2CCC[C@@H](C(=O)O)C2)c1. The standard InChI is InChI=1S/C16H23NO3/c1-12-5-6-13(2)15(10-12)20-9-8-17-7-3-4-14(11-17)16(18)19/h5-6,10,14H,3-4,7-9,11H2,1-2H3,(H,18,19)/t14-/m1/s1. The van der Waals surface area contributed by atoms with E-state index in [2.05, 4.69) is 17.0 Å². The Morgan fingerprint density at radius 2 is 2.25 bits per heavy atom. The molecule has 1 saturated heterocycles. The fourth-order valence-corrected chi connectivity index (χ4v) is 2.61. The maximum atomic E-state index is 11.0. The highest BCUT2D eigenvalue weighted by atomic mass is 16.5. The lowest BCUT2D eigenvalue weighted by Crippen LogP contribution is -2.40. The summed E-state index contributed by atoms with van der Waals surface area (Å²) in [5.74, 6) is 0.0337. The minimum Gasteiger partial charge on any atom is -0.492 e. The van der Waals surface area contributed by atoms with Crippen molar-refractivity contribution in [3.05, 3.63) is 29.3 Å². The molecule has 1 aliphatic heterocycles. The molecule has 0 unspecified atom stereocenters. The zero-order valence-electron chi connectivity index (χ0n) is 12.3. The fraction of sp³-hybridized carbons (Fsp3) is 0.562. The largest absolute Gasteiger partial charge is 0.492 e. The van der Waals surface area contributed by atoms with Crippen LogP contribution in [-0.2, 0) is 4.79 Å². The van der Waals surface area contributed by atoms with Gasteiger partial charge in [-0.2, -0.15) is 0 Å². The number of nitrogens with zero attached hydrogens (tertiary/aromatic N) is 1. The highest BCUT2D eigenvalue weighted by molar-refractivity contribution is 5.70. The molecule has 1 atom stereocenters. The fourth-order valence-electron chi connectivity index (χ4n) is 2.61. The van der Waals surface area contributed by atoms with Crippen LogP contribution in [0.1, 0.15) is 24.0 Å². The number of likely N-dealkylation sites (tertiary alicyclic amines) is 1. The minimum atomic E-state index is -0.676. The van der Waals surface area contributed by atoms with Crippen molar-refractivity contribution in [1.82, 2.24) is 4.90 Å². The van der Waals surface area contributed by atoms with Crippen molar-refractivity contribution in [2.75, 3.05) is 26.2 Å². The second kappa shape index (κ2) is 6.75. The Hall–Kier alpha value is -1.55. The van der Waals surface area contributed by atoms with Crippen molar-refractivity contribution >= 4 is 5.97 Å². The Kier molecular flexibility index (Phi) is 5.01. The molecule has 0 radical (unpaired) electrons. The maximum Gasteiger partial charge on any atom is 0.307 e. The molecule has 0 aliphatic carbocycles. The topological polar surface area (TPSA) is 49.8 Å². The number of rotatable bonds is 5. The summed E-state index contributed by atoms with van der Waals surface area (Å²) in [4.78, 5) is 13.2. The predicted octanol–water partition coefficient (Wildman–Crippen LogP) is 2.48. The molecule has 4 heteroatoms. The molecule has 1 heterocycles. The third-order valence-corrected chi connectivity index (χ3v) is 3.86. The van der Waals surface area contributed by atoms with Crippen LogP contribution in [-0.4, -0.2) is 42.2 Å². The van der Waals surface area contributed by atoms with Gasteiger partial charge in [0.1, 0.15) is 12.4 Å². The molecule has 0 spiro atoms. The first-order valence-electron chi connectivity index (χ1n) is 7.21. The van der Waals surface area contributed by atoms with Crippen LogP contribution in [0.2, 0.25) is 0 Å². The van der Waals surface area contributed by atoms with E-state index in [-0.39, 0.29) is 5.92 Å². The van der Waals surface area contributed by atoms with Gasteiger partial charge in [0, 0.05) is 13.1 Å². The van der Waals surface area contributed by atoms with Crippen LogP contribution in [0.15, 0.2) is 18.2 Å². The Morgan fingerprint density at radius 3 is 3.00 bits per heavy atom. The average molecular weight is 277 g/mol. The summed E-state index contributed by atoms with van der Waals surface area (Å²) in [5, 5.41) is 9.07. The number of carboxylic acids is 1. The van der Waals surface area contributed by atoms with E-state index in [1.54, 1.807) is 0 Å². The smallest absolute Gasteiger partial charge is 0.307 e. The normalized spacial score (nSPS) is 19.8. The molecule has 110 valence electrons. The first-order valence-corrected chi connectivity index (χ1v) is 7.21. The molecule has 0 amide bonds. The van der Waals surface area contributed by atoms with Crippen LogP contribution in [0, 0.1) is 19.8 Å². The number of piperidine rings is 1. The zero-order valence-corrected chi connectivity index (χ0v) is 12.3. The summed E-state index contributed by atoms with van der Waals surface area (Å²) in [6.45, 7) is 7.10. The molecular weight excluding hydrogens is 254 g/mol. The summed E-state index contributed by atoms with van der Waals surface area (Å²) in [6, 6.07) is 6.18. The molecule has 1 aliphatic rings. The monoisotopic (exact) mass is 277 g/mol. The zero-order chi connectivity index (χ0) is 14.5. The van der Waals surface area contributed by atoms with E-state index in [1.807, 2.05) is 19.9 Å². The molecule has 1 N–H and O–H groups in total. The van der Waals surface area contributed by atoms with Crippen molar-refractivity contribution in [1.29, 1.82) is 0 Å². The number of hydrogen-bond donors (Lipinski definition) is 1. The number of carbonyl (C=O) groups is 1. The van der Waals surface area contributed by atoms with E-state index in [1.165, 1.54) is 5.56 Å². The highest BCUT2D eigenvalue weighted by Crippen LogP contribution is 2.20. The van der Waals surface area contributed by atoms with Crippen LogP contribution < -0.4 is 4.74 Å². The van der Waals surface area contributed by atoms with E-state index in [9.17, 15) is 4.79 Å². The second-order valence-electron chi connectivity index (χ2n) is 5.60. The van der Waals surface area contributed by atoms with Gasteiger partial charge in [-0.3, -0.25) is 9.69 Å². The van der Waals surface area contributed by atoms with Crippen LogP contribution >= 0.6 is 0 Å². The van der Waals surface area contributed by atoms with Gasteiger partial charge in [-0.1, -0.05) is 12.1 Å². The minimum absolute atomic E-state index is 0.218. The van der Waals surface area contributed by atoms with Crippen LogP contribution in [0.4, 0.5) is 0 Å². The van der Waals surface area contributed by atoms with Gasteiger partial charge in [-0.05, 0) is 50.4 Å². The lowest BCUT2D eigenvalue weighted by atomic mass is 9.98. The van der Waals surface area contributed by atoms with E-state index in [0.717, 1.165) is 37.2 Å². The highest BCUT2D eigenvalue weighted by Gasteiger charge is 2.24. The van der Waals surface area contributed by atoms with Crippen molar-refractivity contribution in [3.63, 3.8) is 0 Å². The Bertz CT molecular complexity index is 473. The van der Waals surface area contributed by atoms with Crippen LogP contribution in [0.5, 0.6) is 5.75 Å². The molecule has 1 fully saturated rings. The average Bonchev–Trinajstić information content (AvgIpc) is 2.43. The molecule has 20 heavy (non-hydrogen) atoms. The van der Waals surface area contributed by atoms with Gasteiger partial charge in [0.25, 0.3) is 0 Å². The van der Waals surface area contributed by atoms with Gasteiger partial charge < -0.3 is 9.84 Å². The van der Waals surface area contributed by atoms with Crippen molar-refractivity contribution < 1.29 is 14.6 Å². The molecule has 0 bridgehead atoms. The number of carboxylic acid groups (broad SMARTS) is 1. The number of ether oxygens (including phenoxy) is 1. The summed E-state index contributed by atoms with van der Waals surface area (Å²) < 4.78 is 5.83. The van der Waals surface area contributed by atoms with Crippen LogP contribution in [0.3, 0.4) is 0 Å². The first-order chi connectivity index (χ1) is 9.56. The number of benzene rings is 1. The molecule has 1 aromatic carbocycles. The maximum absolute atomic E-state index is 11.0. The van der Waals surface area contributed by atoms with Crippen LogP contribution in [0.25, 0.3) is 0 Å². The van der Waals surface area contributed by atoms with Gasteiger partial charge in [0.05, 0.1) is 5.92 Å². The van der Waals surface area contributed by atoms with E-state index in [4.69, 9.17) is 9.84 Å². The quantitative estimate of drug-likeness (QED) is 0.898. The van der Waals surface area contributed by atoms with Gasteiger partial charge in [0.2, 0.25) is 0 Å². The lowest BCUT2D eigenvalue weighted by molar-refractivity contribution is -0.143. The number of aliphatic carboxylic acids is 1. The number of aryl methyl sites for hydroxylation is 2. The molecular formula is C16H23NO3. The van der Waals surface area contributed by atoms with Crippen molar-refractivity contribution in [2.24, 2.45) is 5.92 Å². The Balaban J connectivity index is 1.80. The van der Waals surface area contributed by atoms with E-state index in [0.29, 0.717) is 13.2 Å². The number of hydrogen-bond acceptors (Lipinski definition) is 3. The Morgan fingerprint density at radius 1 is 1.45 bits per heavy atom. The molecule has 4 nitrogen and oxygen atoms in total. The lowest BCUT2D eigenvalue weighted by Gasteiger charge is -2.30. The molecule has 0 aromatic heterocycles. The van der Waals surface area contributed by atoms with E-state index >= 15 is 0 Å². The van der Waals surface area contributed by atoms with Crippen molar-refractivity contribution in [3.8, 4) is 5.75 Å². The third-order valence-electron chi connectivity index (χ3n) is 3.86.